The fourth-order valence-electron chi connectivity index (χ4n) is 0.803. The summed E-state index contributed by atoms with van der Waals surface area (Å²) in [5, 5.41) is 11.7. The van der Waals surface area contributed by atoms with E-state index >= 15 is 0 Å². The molecule has 72 valence electrons. The Labute approximate surface area is 74.7 Å². The summed E-state index contributed by atoms with van der Waals surface area (Å²) in [4.78, 5) is 14.0. The standard InChI is InChI=1S/C7H11N3O3/c1-7(2,8)3-4-9-5(6(11)12)10-13-4/h3,8H2,1-2H3,(H,11,12). The third-order valence-corrected chi connectivity index (χ3v) is 1.27. The Hall–Kier alpha value is -1.43. The molecular weight excluding hydrogens is 174 g/mol. The minimum absolute atomic E-state index is 0.241. The van der Waals surface area contributed by atoms with Gasteiger partial charge in [-0.3, -0.25) is 0 Å². The van der Waals surface area contributed by atoms with Gasteiger partial charge in [-0.15, -0.1) is 0 Å². The van der Waals surface area contributed by atoms with Crippen LogP contribution >= 0.6 is 0 Å². The van der Waals surface area contributed by atoms with Crippen molar-refractivity contribution in [2.24, 2.45) is 5.73 Å². The number of nitrogens with two attached hydrogens (primary N) is 1. The van der Waals surface area contributed by atoms with Crippen molar-refractivity contribution in [3.8, 4) is 0 Å². The predicted octanol–water partition coefficient (Wildman–Crippen LogP) is 0.0476. The number of aromatic carboxylic acids is 1. The maximum atomic E-state index is 10.4. The fourth-order valence-corrected chi connectivity index (χ4v) is 0.803. The molecule has 13 heavy (non-hydrogen) atoms. The lowest BCUT2D eigenvalue weighted by atomic mass is 10.0. The molecule has 1 aromatic heterocycles. The summed E-state index contributed by atoms with van der Waals surface area (Å²) in [5.74, 6) is -1.30. The summed E-state index contributed by atoms with van der Waals surface area (Å²) in [6.07, 6.45) is 0.354. The van der Waals surface area contributed by atoms with Crippen molar-refractivity contribution in [1.82, 2.24) is 10.1 Å². The maximum Gasteiger partial charge on any atom is 0.377 e. The van der Waals surface area contributed by atoms with E-state index in [1.165, 1.54) is 0 Å². The summed E-state index contributed by atoms with van der Waals surface area (Å²) in [6.45, 7) is 3.58. The quantitative estimate of drug-likeness (QED) is 0.689. The molecule has 6 nitrogen and oxygen atoms in total. The number of carboxylic acid groups (broad SMARTS) is 1. The highest BCUT2D eigenvalue weighted by atomic mass is 16.5. The molecule has 0 atom stereocenters. The molecule has 0 aliphatic rings. The average Bonchev–Trinajstić information content (AvgIpc) is 2.31. The second kappa shape index (κ2) is 3.14. The summed E-state index contributed by atoms with van der Waals surface area (Å²) in [5.41, 5.74) is 5.19. The van der Waals surface area contributed by atoms with Crippen molar-refractivity contribution in [2.45, 2.75) is 25.8 Å². The van der Waals surface area contributed by atoms with E-state index in [-0.39, 0.29) is 11.7 Å². The van der Waals surface area contributed by atoms with E-state index in [0.29, 0.717) is 6.42 Å². The lowest BCUT2D eigenvalue weighted by molar-refractivity contribution is 0.0680. The largest absolute Gasteiger partial charge is 0.475 e. The van der Waals surface area contributed by atoms with Crippen LogP contribution in [0.5, 0.6) is 0 Å². The van der Waals surface area contributed by atoms with Crippen LogP contribution in [0.3, 0.4) is 0 Å². The second-order valence-electron chi connectivity index (χ2n) is 3.48. The summed E-state index contributed by atoms with van der Waals surface area (Å²) >= 11 is 0. The maximum absolute atomic E-state index is 10.4. The molecule has 0 aliphatic carbocycles. The molecule has 1 aromatic rings. The van der Waals surface area contributed by atoms with Crippen molar-refractivity contribution in [3.05, 3.63) is 11.7 Å². The molecule has 0 amide bonds. The van der Waals surface area contributed by atoms with Gasteiger partial charge in [0.05, 0.1) is 0 Å². The molecule has 0 unspecified atom stereocenters. The number of carbonyl (C=O) groups is 1. The van der Waals surface area contributed by atoms with Crippen LogP contribution in [0.4, 0.5) is 0 Å². The van der Waals surface area contributed by atoms with Crippen molar-refractivity contribution in [2.75, 3.05) is 0 Å². The van der Waals surface area contributed by atoms with Crippen LogP contribution in [-0.2, 0) is 6.42 Å². The van der Waals surface area contributed by atoms with Gasteiger partial charge in [-0.1, -0.05) is 0 Å². The zero-order valence-corrected chi connectivity index (χ0v) is 7.44. The number of carboxylic acids is 1. The first-order chi connectivity index (χ1) is 5.88. The van der Waals surface area contributed by atoms with Crippen molar-refractivity contribution in [3.63, 3.8) is 0 Å². The van der Waals surface area contributed by atoms with Gasteiger partial charge >= 0.3 is 5.97 Å². The Morgan fingerprint density at radius 3 is 2.69 bits per heavy atom. The third-order valence-electron chi connectivity index (χ3n) is 1.27. The molecule has 6 heteroatoms. The van der Waals surface area contributed by atoms with Crippen LogP contribution in [0, 0.1) is 0 Å². The first-order valence-electron chi connectivity index (χ1n) is 3.73. The molecule has 1 rings (SSSR count). The minimum Gasteiger partial charge on any atom is -0.475 e. The molecule has 0 aromatic carbocycles. The molecular formula is C7H11N3O3. The number of nitrogens with zero attached hydrogens (tertiary/aromatic N) is 2. The van der Waals surface area contributed by atoms with Gasteiger partial charge in [-0.2, -0.15) is 4.98 Å². The van der Waals surface area contributed by atoms with E-state index in [1.807, 2.05) is 0 Å². The van der Waals surface area contributed by atoms with Gasteiger partial charge in [-0.25, -0.2) is 4.79 Å². The highest BCUT2D eigenvalue weighted by Crippen LogP contribution is 2.07. The van der Waals surface area contributed by atoms with E-state index in [4.69, 9.17) is 10.8 Å². The van der Waals surface area contributed by atoms with Gasteiger partial charge in [0.25, 0.3) is 5.82 Å². The highest BCUT2D eigenvalue weighted by molar-refractivity contribution is 5.82. The van der Waals surface area contributed by atoms with Crippen molar-refractivity contribution < 1.29 is 14.4 Å². The van der Waals surface area contributed by atoms with Gasteiger partial charge in [0.2, 0.25) is 5.89 Å². The topological polar surface area (TPSA) is 102 Å². The lowest BCUT2D eigenvalue weighted by Crippen LogP contribution is -2.34. The SMILES string of the molecule is CC(C)(N)Cc1nc(C(=O)O)no1. The van der Waals surface area contributed by atoms with Gasteiger partial charge in [0.15, 0.2) is 0 Å². The van der Waals surface area contributed by atoms with Crippen molar-refractivity contribution in [1.29, 1.82) is 0 Å². The number of rotatable bonds is 3. The monoisotopic (exact) mass is 185 g/mol. The van der Waals surface area contributed by atoms with Crippen LogP contribution in [0.2, 0.25) is 0 Å². The van der Waals surface area contributed by atoms with E-state index < -0.39 is 11.5 Å². The van der Waals surface area contributed by atoms with Crippen molar-refractivity contribution >= 4 is 5.97 Å². The van der Waals surface area contributed by atoms with Gasteiger partial charge < -0.3 is 15.4 Å². The first kappa shape index (κ1) is 9.66. The van der Waals surface area contributed by atoms with E-state index in [0.717, 1.165) is 0 Å². The summed E-state index contributed by atoms with van der Waals surface area (Å²) < 4.78 is 4.68. The number of aromatic nitrogens is 2. The molecule has 0 bridgehead atoms. The Balaban J connectivity index is 2.75. The number of hydrogen-bond acceptors (Lipinski definition) is 5. The molecule has 0 aliphatic heterocycles. The predicted molar refractivity (Wildman–Crippen MR) is 43.2 cm³/mol. The van der Waals surface area contributed by atoms with Crippen LogP contribution in [0.15, 0.2) is 4.52 Å². The Morgan fingerprint density at radius 1 is 1.69 bits per heavy atom. The lowest BCUT2D eigenvalue weighted by Gasteiger charge is -2.14. The van der Waals surface area contributed by atoms with Crippen LogP contribution < -0.4 is 5.73 Å². The normalized spacial score (nSPS) is 11.6. The Bertz CT molecular complexity index is 313. The summed E-state index contributed by atoms with van der Waals surface area (Å²) in [7, 11) is 0. The molecule has 0 fully saturated rings. The van der Waals surface area contributed by atoms with Crippen LogP contribution in [-0.4, -0.2) is 26.8 Å². The molecule has 3 N–H and O–H groups in total. The van der Waals surface area contributed by atoms with Crippen LogP contribution in [0.25, 0.3) is 0 Å². The molecule has 0 spiro atoms. The molecule has 0 saturated carbocycles. The third kappa shape index (κ3) is 2.83. The first-order valence-corrected chi connectivity index (χ1v) is 3.73. The fraction of sp³-hybridized carbons (Fsp3) is 0.571. The minimum atomic E-state index is -1.20. The Morgan fingerprint density at radius 2 is 2.31 bits per heavy atom. The molecule has 0 saturated heterocycles. The zero-order chi connectivity index (χ0) is 10.1. The average molecular weight is 185 g/mol. The highest BCUT2D eigenvalue weighted by Gasteiger charge is 2.19. The van der Waals surface area contributed by atoms with Gasteiger partial charge in [0, 0.05) is 12.0 Å². The van der Waals surface area contributed by atoms with Gasteiger partial charge in [0.1, 0.15) is 0 Å². The van der Waals surface area contributed by atoms with E-state index in [9.17, 15) is 4.79 Å². The van der Waals surface area contributed by atoms with Gasteiger partial charge in [-0.05, 0) is 19.0 Å². The van der Waals surface area contributed by atoms with E-state index in [2.05, 4.69) is 14.7 Å². The zero-order valence-electron chi connectivity index (χ0n) is 7.44. The molecule has 0 radical (unpaired) electrons. The summed E-state index contributed by atoms with van der Waals surface area (Å²) in [6, 6.07) is 0. The molecule has 1 heterocycles. The number of hydrogen-bond donors (Lipinski definition) is 2. The van der Waals surface area contributed by atoms with E-state index in [1.54, 1.807) is 13.8 Å². The second-order valence-corrected chi connectivity index (χ2v) is 3.48. The van der Waals surface area contributed by atoms with Crippen LogP contribution in [0.1, 0.15) is 30.4 Å². The smallest absolute Gasteiger partial charge is 0.377 e. The Kier molecular flexibility index (Phi) is 2.33.